The molecule has 4 nitrogen and oxygen atoms in total. The lowest BCUT2D eigenvalue weighted by molar-refractivity contribution is 0.159. The third-order valence-electron chi connectivity index (χ3n) is 4.83. The molecule has 3 aromatic rings. The van der Waals surface area contributed by atoms with E-state index in [4.69, 9.17) is 9.47 Å². The molecular formula is C21H21NO3. The van der Waals surface area contributed by atoms with Gasteiger partial charge >= 0.3 is 0 Å². The van der Waals surface area contributed by atoms with E-state index in [9.17, 15) is 4.79 Å². The summed E-state index contributed by atoms with van der Waals surface area (Å²) in [4.78, 5) is 13.2. The van der Waals surface area contributed by atoms with Crippen molar-refractivity contribution in [1.29, 1.82) is 0 Å². The maximum absolute atomic E-state index is 13.2. The Morgan fingerprint density at radius 1 is 1.20 bits per heavy atom. The topological polar surface area (TPSA) is 40.5 Å². The minimum absolute atomic E-state index is 0.00955. The fourth-order valence-corrected chi connectivity index (χ4v) is 3.59. The molecule has 0 amide bonds. The molecule has 0 bridgehead atoms. The molecule has 1 aromatic heterocycles. The van der Waals surface area contributed by atoms with Crippen LogP contribution in [-0.2, 0) is 7.05 Å². The number of hydrogen-bond acceptors (Lipinski definition) is 3. The van der Waals surface area contributed by atoms with Gasteiger partial charge < -0.3 is 14.0 Å². The zero-order valence-electron chi connectivity index (χ0n) is 15.1. The van der Waals surface area contributed by atoms with Crippen LogP contribution >= 0.6 is 0 Å². The number of aromatic nitrogens is 1. The first-order valence-electron chi connectivity index (χ1n) is 8.35. The van der Waals surface area contributed by atoms with Gasteiger partial charge in [0, 0.05) is 24.1 Å². The summed E-state index contributed by atoms with van der Waals surface area (Å²) in [5.74, 6) is 1.28. The molecule has 0 fully saturated rings. The second kappa shape index (κ2) is 5.12. The second-order valence-electron chi connectivity index (χ2n) is 7.16. The van der Waals surface area contributed by atoms with Crippen LogP contribution in [0.1, 0.15) is 25.0 Å². The molecule has 25 heavy (non-hydrogen) atoms. The molecule has 128 valence electrons. The summed E-state index contributed by atoms with van der Waals surface area (Å²) in [5, 5.41) is 1.30. The quantitative estimate of drug-likeness (QED) is 0.626. The van der Waals surface area contributed by atoms with E-state index in [0.29, 0.717) is 16.5 Å². The summed E-state index contributed by atoms with van der Waals surface area (Å²) in [5.41, 5.74) is 3.31. The van der Waals surface area contributed by atoms with Crippen LogP contribution in [0.2, 0.25) is 0 Å². The van der Waals surface area contributed by atoms with Crippen molar-refractivity contribution < 1.29 is 9.47 Å². The fraction of sp³-hybridized carbons (Fsp3) is 0.286. The summed E-state index contributed by atoms with van der Waals surface area (Å²) < 4.78 is 13.7. The maximum Gasteiger partial charge on any atom is 0.201 e. The molecule has 0 saturated carbocycles. The molecule has 4 rings (SSSR count). The first-order chi connectivity index (χ1) is 11.8. The van der Waals surface area contributed by atoms with E-state index in [2.05, 4.69) is 4.57 Å². The molecule has 0 N–H and O–H groups in total. The monoisotopic (exact) mass is 335 g/mol. The lowest BCUT2D eigenvalue weighted by Crippen LogP contribution is -2.28. The highest BCUT2D eigenvalue weighted by atomic mass is 16.5. The van der Waals surface area contributed by atoms with E-state index >= 15 is 0 Å². The third-order valence-corrected chi connectivity index (χ3v) is 4.83. The molecule has 0 saturated heterocycles. The third kappa shape index (κ3) is 2.24. The molecule has 0 aliphatic carbocycles. The minimum Gasteiger partial charge on any atom is -0.496 e. The van der Waals surface area contributed by atoms with Gasteiger partial charge in [0.15, 0.2) is 0 Å². The average Bonchev–Trinajstić information content (AvgIpc) is 2.57. The number of rotatable bonds is 1. The Hall–Kier alpha value is -2.75. The van der Waals surface area contributed by atoms with Gasteiger partial charge in [-0.1, -0.05) is 11.6 Å². The lowest BCUT2D eigenvalue weighted by atomic mass is 9.97. The molecule has 0 radical (unpaired) electrons. The van der Waals surface area contributed by atoms with Gasteiger partial charge in [-0.3, -0.25) is 4.79 Å². The van der Waals surface area contributed by atoms with Gasteiger partial charge in [-0.05, 0) is 45.1 Å². The number of aryl methyl sites for hydroxylation is 2. The van der Waals surface area contributed by atoms with Gasteiger partial charge in [-0.2, -0.15) is 0 Å². The summed E-state index contributed by atoms with van der Waals surface area (Å²) in [6, 6.07) is 7.78. The molecule has 1 aliphatic rings. The molecule has 1 aliphatic heterocycles. The van der Waals surface area contributed by atoms with Crippen molar-refractivity contribution >= 4 is 27.9 Å². The van der Waals surface area contributed by atoms with Crippen LogP contribution in [0.3, 0.4) is 0 Å². The lowest BCUT2D eigenvalue weighted by Gasteiger charge is -2.29. The molecule has 2 heterocycles. The van der Waals surface area contributed by atoms with E-state index in [1.807, 2.05) is 64.2 Å². The van der Waals surface area contributed by atoms with Crippen molar-refractivity contribution in [1.82, 2.24) is 4.57 Å². The Labute approximate surface area is 146 Å². The Morgan fingerprint density at radius 3 is 2.68 bits per heavy atom. The normalized spacial score (nSPS) is 15.2. The van der Waals surface area contributed by atoms with Crippen molar-refractivity contribution in [2.24, 2.45) is 7.05 Å². The van der Waals surface area contributed by atoms with E-state index in [0.717, 1.165) is 27.9 Å². The highest BCUT2D eigenvalue weighted by molar-refractivity contribution is 6.02. The summed E-state index contributed by atoms with van der Waals surface area (Å²) in [6.07, 6.45) is 4.06. The molecular weight excluding hydrogens is 314 g/mol. The number of pyridine rings is 1. The first kappa shape index (κ1) is 15.8. The minimum atomic E-state index is -0.390. The van der Waals surface area contributed by atoms with Crippen LogP contribution in [-0.4, -0.2) is 17.3 Å². The van der Waals surface area contributed by atoms with Crippen LogP contribution in [0.25, 0.3) is 27.9 Å². The van der Waals surface area contributed by atoms with Gasteiger partial charge in [0.2, 0.25) is 5.43 Å². The zero-order chi connectivity index (χ0) is 17.9. The molecule has 0 atom stereocenters. The van der Waals surface area contributed by atoms with Crippen LogP contribution < -0.4 is 14.9 Å². The molecule has 4 heteroatoms. The van der Waals surface area contributed by atoms with Gasteiger partial charge in [-0.25, -0.2) is 0 Å². The first-order valence-corrected chi connectivity index (χ1v) is 8.35. The summed E-state index contributed by atoms with van der Waals surface area (Å²) >= 11 is 0. The van der Waals surface area contributed by atoms with Gasteiger partial charge in [0.05, 0.1) is 23.5 Å². The zero-order valence-corrected chi connectivity index (χ0v) is 15.1. The SMILES string of the molecule is COc1cc2c(c3c1c(=O)c1cc(C)ccc1n3C)C=CC(C)(C)O2. The second-order valence-corrected chi connectivity index (χ2v) is 7.16. The number of fused-ring (bicyclic) bond motifs is 4. The Bertz CT molecular complexity index is 1120. The van der Waals surface area contributed by atoms with E-state index in [1.165, 1.54) is 0 Å². The number of benzene rings is 2. The number of nitrogens with zero attached hydrogens (tertiary/aromatic N) is 1. The van der Waals surface area contributed by atoms with Crippen molar-refractivity contribution in [3.8, 4) is 11.5 Å². The predicted octanol–water partition coefficient (Wildman–Crippen LogP) is 4.19. The standard InChI is InChI=1S/C21H21NO3/c1-12-6-7-15-14(10-12)20(23)18-17(24-5)11-16-13(19(18)22(15)4)8-9-21(2,3)25-16/h6-11H,1-5H3. The molecule has 0 unspecified atom stereocenters. The predicted molar refractivity (Wildman–Crippen MR) is 102 cm³/mol. The van der Waals surface area contributed by atoms with Gasteiger partial charge in [-0.15, -0.1) is 0 Å². The van der Waals surface area contributed by atoms with Gasteiger partial charge in [0.1, 0.15) is 17.1 Å². The smallest absolute Gasteiger partial charge is 0.201 e. The van der Waals surface area contributed by atoms with Crippen LogP contribution in [0.15, 0.2) is 35.1 Å². The van der Waals surface area contributed by atoms with Crippen molar-refractivity contribution in [2.75, 3.05) is 7.11 Å². The molecule has 2 aromatic carbocycles. The largest absolute Gasteiger partial charge is 0.496 e. The number of methoxy groups -OCH3 is 1. The Kier molecular flexibility index (Phi) is 3.23. The Balaban J connectivity index is 2.25. The van der Waals surface area contributed by atoms with Crippen LogP contribution in [0.5, 0.6) is 11.5 Å². The maximum atomic E-state index is 13.2. The average molecular weight is 335 g/mol. The van der Waals surface area contributed by atoms with Gasteiger partial charge in [0.25, 0.3) is 0 Å². The van der Waals surface area contributed by atoms with E-state index in [-0.39, 0.29) is 5.43 Å². The number of ether oxygens (including phenoxy) is 2. The van der Waals surface area contributed by atoms with Crippen molar-refractivity contribution in [3.63, 3.8) is 0 Å². The van der Waals surface area contributed by atoms with Crippen LogP contribution in [0, 0.1) is 6.92 Å². The van der Waals surface area contributed by atoms with Crippen molar-refractivity contribution in [3.05, 3.63) is 51.7 Å². The van der Waals surface area contributed by atoms with E-state index < -0.39 is 5.60 Å². The fourth-order valence-electron chi connectivity index (χ4n) is 3.59. The highest BCUT2D eigenvalue weighted by Crippen LogP contribution is 2.40. The summed E-state index contributed by atoms with van der Waals surface area (Å²) in [6.45, 7) is 6.00. The number of hydrogen-bond donors (Lipinski definition) is 0. The van der Waals surface area contributed by atoms with E-state index in [1.54, 1.807) is 7.11 Å². The molecule has 0 spiro atoms. The van der Waals surface area contributed by atoms with Crippen molar-refractivity contribution in [2.45, 2.75) is 26.4 Å². The highest BCUT2D eigenvalue weighted by Gasteiger charge is 2.26. The summed E-state index contributed by atoms with van der Waals surface area (Å²) in [7, 11) is 3.57. The van der Waals surface area contributed by atoms with Crippen LogP contribution in [0.4, 0.5) is 0 Å². The Morgan fingerprint density at radius 2 is 1.96 bits per heavy atom.